The number of carbonyl (C=O) groups is 4. The van der Waals surface area contributed by atoms with E-state index in [1.807, 2.05) is 25.1 Å². The molecule has 2 aromatic carbocycles. The lowest BCUT2D eigenvalue weighted by molar-refractivity contribution is -0.161. The van der Waals surface area contributed by atoms with Crippen molar-refractivity contribution in [3.63, 3.8) is 0 Å². The van der Waals surface area contributed by atoms with E-state index in [4.69, 9.17) is 4.55 Å². The number of ketones is 4. The number of rotatable bonds is 5. The van der Waals surface area contributed by atoms with Crippen molar-refractivity contribution < 1.29 is 46.5 Å². The normalized spacial score (nSPS) is 39.5. The van der Waals surface area contributed by atoms with Gasteiger partial charge in [0.05, 0.1) is 0 Å². The fraction of sp³-hybridized carbons (Fsp3) is 0.671. The molecule has 0 bridgehead atoms. The summed E-state index contributed by atoms with van der Waals surface area (Å²) >= 11 is 0. The van der Waals surface area contributed by atoms with Gasteiger partial charge in [-0.15, -0.1) is 5.92 Å². The van der Waals surface area contributed by atoms with Gasteiger partial charge in [-0.25, -0.2) is 0 Å². The highest BCUT2D eigenvalue weighted by atomic mass is 32.3. The SMILES string of the molecule is C1CNCCN1.CC#C[C@]1(O)CC[C@H]2[C@@H]3CCC4=CC(=O)CCC4=C3[C@@H](c3ccc(N(C)C)cc3)C[C@@]21C.CC(=O)[C@@]1(O)CC[C@H]2[C@@H]3C[C@H](C)C4=CC(=O)CC[C@]4(C)[C@H]3CC[C@@]21C.C[C@]12CC[C@@H]3c4ccc(OS(=O)(=O)O)cc4CC[C@H]3[C@@H]1CCC2=O. The van der Waals surface area contributed by atoms with Gasteiger partial charge in [-0.3, -0.25) is 23.7 Å². The molecular weight excluding hydrogens is 1110 g/mol. The van der Waals surface area contributed by atoms with Crippen LogP contribution in [-0.4, -0.2) is 97.8 Å². The van der Waals surface area contributed by atoms with E-state index in [0.29, 0.717) is 84.1 Å². The fourth-order valence-electron chi connectivity index (χ4n) is 21.1. The van der Waals surface area contributed by atoms with Gasteiger partial charge in [-0.2, -0.15) is 8.42 Å². The van der Waals surface area contributed by atoms with Crippen LogP contribution in [0.15, 0.2) is 76.9 Å². The smallest absolute Gasteiger partial charge is 0.382 e. The second-order valence-electron chi connectivity index (χ2n) is 29.9. The number of Topliss-reactive ketones (excluding diaryl/α,β-unsaturated/α-hetero) is 2. The van der Waals surface area contributed by atoms with E-state index < -0.39 is 21.6 Å². The van der Waals surface area contributed by atoms with Crippen molar-refractivity contribution in [1.82, 2.24) is 10.6 Å². The molecule has 1 heterocycles. The van der Waals surface area contributed by atoms with Crippen LogP contribution >= 0.6 is 0 Å². The number of aryl methyl sites for hydroxylation is 1. The quantitative estimate of drug-likeness (QED) is 0.140. The van der Waals surface area contributed by atoms with E-state index in [-0.39, 0.29) is 44.9 Å². The van der Waals surface area contributed by atoms with Crippen LogP contribution < -0.4 is 19.7 Å². The third-order valence-corrected chi connectivity index (χ3v) is 26.0. The molecule has 8 fully saturated rings. The molecule has 13 nitrogen and oxygen atoms in total. The minimum absolute atomic E-state index is 0.0464. The number of benzene rings is 2. The van der Waals surface area contributed by atoms with Gasteiger partial charge in [-0.1, -0.05) is 69.9 Å². The fourth-order valence-corrected chi connectivity index (χ4v) is 21.4. The van der Waals surface area contributed by atoms with Crippen molar-refractivity contribution >= 4 is 39.2 Å². The van der Waals surface area contributed by atoms with Crippen molar-refractivity contribution in [3.8, 4) is 17.6 Å². The zero-order valence-corrected chi connectivity index (χ0v) is 54.3. The molecule has 0 radical (unpaired) electrons. The molecule has 11 aliphatic carbocycles. The monoisotopic (exact) mass is 1210 g/mol. The number of piperazine rings is 1. The minimum atomic E-state index is -4.49. The molecule has 1 saturated heterocycles. The number of hydrogen-bond donors (Lipinski definition) is 5. The molecule has 14 rings (SSSR count). The van der Waals surface area contributed by atoms with Gasteiger partial charge in [0.2, 0.25) is 0 Å². The van der Waals surface area contributed by atoms with Gasteiger partial charge < -0.3 is 29.9 Å². The summed E-state index contributed by atoms with van der Waals surface area (Å²) in [7, 11) is -0.349. The highest BCUT2D eigenvalue weighted by Gasteiger charge is 2.67. The maximum absolute atomic E-state index is 12.3. The average Bonchev–Trinajstić information content (AvgIpc) is 1.70. The second kappa shape index (κ2) is 24.1. The minimum Gasteiger partial charge on any atom is -0.382 e. The van der Waals surface area contributed by atoms with E-state index >= 15 is 0 Å². The van der Waals surface area contributed by atoms with Gasteiger partial charge in [-0.05, 0) is 246 Å². The highest BCUT2D eigenvalue weighted by Crippen LogP contribution is 2.70. The Morgan fingerprint density at radius 3 is 2.03 bits per heavy atom. The van der Waals surface area contributed by atoms with Gasteiger partial charge in [0.15, 0.2) is 17.3 Å². The summed E-state index contributed by atoms with van der Waals surface area (Å²) in [6.45, 7) is 19.3. The molecule has 1 aliphatic heterocycles. The van der Waals surface area contributed by atoms with Gasteiger partial charge in [0, 0.05) is 87.4 Å². The summed E-state index contributed by atoms with van der Waals surface area (Å²) < 4.78 is 35.2. The molecule has 0 spiro atoms. The van der Waals surface area contributed by atoms with Crippen molar-refractivity contribution in [2.24, 2.45) is 69.0 Å². The zero-order valence-electron chi connectivity index (χ0n) is 53.5. The topological polar surface area (TPSA) is 200 Å². The summed E-state index contributed by atoms with van der Waals surface area (Å²) in [6.07, 6.45) is 22.1. The molecule has 0 amide bonds. The van der Waals surface area contributed by atoms with Crippen molar-refractivity contribution in [2.75, 3.05) is 45.2 Å². The Hall–Kier alpha value is -4.75. The summed E-state index contributed by atoms with van der Waals surface area (Å²) in [5.41, 5.74) is 8.05. The second-order valence-corrected chi connectivity index (χ2v) is 30.9. The zero-order chi connectivity index (χ0) is 62.2. The molecule has 14 heteroatoms. The molecule has 16 atom stereocenters. The summed E-state index contributed by atoms with van der Waals surface area (Å²) in [5, 5.41) is 29.4. The Labute approximate surface area is 519 Å². The van der Waals surface area contributed by atoms with E-state index in [0.717, 1.165) is 141 Å². The van der Waals surface area contributed by atoms with E-state index in [9.17, 15) is 37.8 Å². The standard InChI is InChI=1S/C29H35NO2.C22H32O3.C18H22O5S.C4H10N2/c1-5-15-29(32)16-14-26-24-12-8-20-17-22(31)11-13-23(20)27(24)25(18-28(26,29)2)19-6-9-21(10-7-19)30(3)4;1-13-11-16-17(20(3)8-5-15(24)12-19(13)20)6-9-21(4)18(16)7-10-22(21,25)14(2)23;1-18-9-8-14-13-5-3-12(23-24(20,21)22)10-11(13)2-4-15(14)16(18)6-7-17(18)19;1-2-6-4-3-5-1/h6-7,9-10,17,24-26,32H,8,11-14,16,18H2,1-4H3;12-13,16-18,25H,5-11H2,1-4H3;3,5,10,14-16H,2,4,6-9H2,1H3,(H,20,21,22);5-6H,1-4H2/t24-,25+,26-,28-,29-;13-,16+,17-,18-,20+,21-,22-;14-,15-,16+,18+;/m001./s1. The summed E-state index contributed by atoms with van der Waals surface area (Å²) in [4.78, 5) is 50.9. The number of nitrogens with zero attached hydrogens (tertiary/aromatic N) is 1. The van der Waals surface area contributed by atoms with Crippen LogP contribution in [0.2, 0.25) is 0 Å². The molecule has 0 aromatic heterocycles. The Morgan fingerprint density at radius 1 is 0.690 bits per heavy atom. The number of allylic oxidation sites excluding steroid dienone is 5. The first-order chi connectivity index (χ1) is 41.2. The van der Waals surface area contributed by atoms with Crippen molar-refractivity contribution in [3.05, 3.63) is 93.6 Å². The first-order valence-corrected chi connectivity index (χ1v) is 34.7. The average molecular weight is 1210 g/mol. The van der Waals surface area contributed by atoms with Gasteiger partial charge >= 0.3 is 10.4 Å². The predicted octanol–water partition coefficient (Wildman–Crippen LogP) is 12.0. The van der Waals surface area contributed by atoms with Crippen LogP contribution in [0.3, 0.4) is 0 Å². The first kappa shape index (κ1) is 63.8. The summed E-state index contributed by atoms with van der Waals surface area (Å²) in [6, 6.07) is 14.3. The number of nitrogens with one attached hydrogen (secondary N) is 2. The van der Waals surface area contributed by atoms with Crippen LogP contribution in [0.5, 0.6) is 5.75 Å². The molecule has 87 heavy (non-hydrogen) atoms. The molecule has 2 aromatic rings. The highest BCUT2D eigenvalue weighted by molar-refractivity contribution is 7.81. The Bertz CT molecular complexity index is 3300. The van der Waals surface area contributed by atoms with E-state index in [1.54, 1.807) is 24.6 Å². The van der Waals surface area contributed by atoms with Crippen LogP contribution in [0, 0.1) is 80.8 Å². The maximum atomic E-state index is 12.3. The van der Waals surface area contributed by atoms with Crippen LogP contribution in [0.4, 0.5) is 5.69 Å². The largest absolute Gasteiger partial charge is 0.446 e. The predicted molar refractivity (Wildman–Crippen MR) is 340 cm³/mol. The Kier molecular flexibility index (Phi) is 17.7. The van der Waals surface area contributed by atoms with E-state index in [2.05, 4.69) is 105 Å². The lowest BCUT2D eigenvalue weighted by Gasteiger charge is -2.60. The number of anilines is 1. The van der Waals surface area contributed by atoms with Gasteiger partial charge in [0.1, 0.15) is 22.7 Å². The molecule has 7 saturated carbocycles. The Balaban J connectivity index is 0.000000130. The van der Waals surface area contributed by atoms with Crippen LogP contribution in [0.25, 0.3) is 0 Å². The molecule has 0 unspecified atom stereocenters. The molecule has 472 valence electrons. The Morgan fingerprint density at radius 2 is 1.37 bits per heavy atom. The first-order valence-electron chi connectivity index (χ1n) is 33.3. The number of fused-ring (bicyclic) bond motifs is 14. The lowest BCUT2D eigenvalue weighted by Crippen LogP contribution is -2.57. The number of hydrogen-bond acceptors (Lipinski definition) is 12. The van der Waals surface area contributed by atoms with Crippen LogP contribution in [-0.2, 0) is 36.0 Å². The number of aliphatic hydroxyl groups is 2. The van der Waals surface area contributed by atoms with Crippen LogP contribution in [0.1, 0.15) is 199 Å². The number of carbonyl (C=O) groups excluding carboxylic acids is 4. The summed E-state index contributed by atoms with van der Waals surface area (Å²) in [5.74, 6) is 12.1. The van der Waals surface area contributed by atoms with Gasteiger partial charge in [0.25, 0.3) is 0 Å². The molecule has 5 N–H and O–H groups in total. The van der Waals surface area contributed by atoms with Crippen molar-refractivity contribution in [2.45, 2.75) is 200 Å². The third kappa shape index (κ3) is 11.3. The third-order valence-electron chi connectivity index (χ3n) is 25.6. The lowest BCUT2D eigenvalue weighted by atomic mass is 9.45. The van der Waals surface area contributed by atoms with Crippen molar-refractivity contribution in [1.29, 1.82) is 0 Å². The maximum Gasteiger partial charge on any atom is 0.446 e. The molecule has 12 aliphatic rings. The molecular formula is C73H99N3O10S. The van der Waals surface area contributed by atoms with E-state index in [1.165, 1.54) is 33.5 Å².